The summed E-state index contributed by atoms with van der Waals surface area (Å²) >= 11 is 0. The van der Waals surface area contributed by atoms with Gasteiger partial charge in [-0.1, -0.05) is 43.2 Å². The van der Waals surface area contributed by atoms with Crippen molar-refractivity contribution in [1.29, 1.82) is 0 Å². The highest BCUT2D eigenvalue weighted by Crippen LogP contribution is 2.33. The van der Waals surface area contributed by atoms with E-state index < -0.39 is 0 Å². The first-order valence-electron chi connectivity index (χ1n) is 11.4. The second-order valence-corrected chi connectivity index (χ2v) is 8.78. The number of para-hydroxylation sites is 1. The van der Waals surface area contributed by atoms with Crippen LogP contribution in [0.5, 0.6) is 0 Å². The van der Waals surface area contributed by atoms with Crippen LogP contribution in [0.25, 0.3) is 10.9 Å². The van der Waals surface area contributed by atoms with Crippen molar-refractivity contribution in [3.05, 3.63) is 71.9 Å². The number of hydrogen-bond acceptors (Lipinski definition) is 3. The van der Waals surface area contributed by atoms with Gasteiger partial charge >= 0.3 is 0 Å². The van der Waals surface area contributed by atoms with Crippen LogP contribution in [0.2, 0.25) is 0 Å². The van der Waals surface area contributed by atoms with E-state index in [9.17, 15) is 14.4 Å². The molecule has 3 aromatic rings. The van der Waals surface area contributed by atoms with E-state index in [0.717, 1.165) is 31.2 Å². The zero-order valence-electron chi connectivity index (χ0n) is 18.0. The first kappa shape index (κ1) is 20.5. The van der Waals surface area contributed by atoms with Gasteiger partial charge in [-0.05, 0) is 48.4 Å². The van der Waals surface area contributed by atoms with Crippen LogP contribution < -0.4 is 5.32 Å². The Kier molecular flexibility index (Phi) is 5.52. The SMILES string of the molecule is O=C(NCCn1ccc2ccccc21)C1CCCCC1CN1C(=O)c2ccccc2C1=O. The van der Waals surface area contributed by atoms with Crippen molar-refractivity contribution in [1.82, 2.24) is 14.8 Å². The van der Waals surface area contributed by atoms with E-state index in [1.54, 1.807) is 24.3 Å². The largest absolute Gasteiger partial charge is 0.354 e. The molecule has 164 valence electrons. The molecule has 2 aromatic carbocycles. The third-order valence-corrected chi connectivity index (χ3v) is 6.87. The molecule has 1 N–H and O–H groups in total. The molecule has 2 unspecified atom stereocenters. The second kappa shape index (κ2) is 8.61. The Balaban J connectivity index is 1.22. The van der Waals surface area contributed by atoms with Gasteiger partial charge in [0.25, 0.3) is 11.8 Å². The van der Waals surface area contributed by atoms with E-state index in [1.807, 2.05) is 18.3 Å². The van der Waals surface area contributed by atoms with Crippen molar-refractivity contribution in [2.75, 3.05) is 13.1 Å². The van der Waals surface area contributed by atoms with Gasteiger partial charge in [0.05, 0.1) is 11.1 Å². The predicted octanol–water partition coefficient (Wildman–Crippen LogP) is 3.86. The molecule has 1 saturated carbocycles. The Morgan fingerprint density at radius 2 is 1.59 bits per heavy atom. The zero-order chi connectivity index (χ0) is 22.1. The number of nitrogens with one attached hydrogen (secondary N) is 1. The number of benzene rings is 2. The minimum atomic E-state index is -0.241. The van der Waals surface area contributed by atoms with Gasteiger partial charge in [0, 0.05) is 37.3 Å². The van der Waals surface area contributed by atoms with E-state index in [0.29, 0.717) is 30.8 Å². The van der Waals surface area contributed by atoms with Crippen LogP contribution in [-0.4, -0.2) is 40.3 Å². The van der Waals surface area contributed by atoms with E-state index in [4.69, 9.17) is 0 Å². The van der Waals surface area contributed by atoms with Crippen LogP contribution in [0, 0.1) is 11.8 Å². The van der Waals surface area contributed by atoms with Crippen molar-refractivity contribution >= 4 is 28.6 Å². The maximum Gasteiger partial charge on any atom is 0.261 e. The molecule has 0 radical (unpaired) electrons. The highest BCUT2D eigenvalue weighted by atomic mass is 16.2. The average molecular weight is 430 g/mol. The predicted molar refractivity (Wildman–Crippen MR) is 122 cm³/mol. The van der Waals surface area contributed by atoms with Crippen molar-refractivity contribution in [3.63, 3.8) is 0 Å². The third-order valence-electron chi connectivity index (χ3n) is 6.87. The third kappa shape index (κ3) is 3.70. The fourth-order valence-corrected chi connectivity index (χ4v) is 5.18. The molecule has 3 amide bonds. The number of imide groups is 1. The smallest absolute Gasteiger partial charge is 0.261 e. The summed E-state index contributed by atoms with van der Waals surface area (Å²) in [6, 6.07) is 17.2. The molecule has 2 atom stereocenters. The molecule has 1 aromatic heterocycles. The number of rotatable bonds is 6. The van der Waals surface area contributed by atoms with Crippen LogP contribution >= 0.6 is 0 Å². The molecule has 6 nitrogen and oxygen atoms in total. The summed E-state index contributed by atoms with van der Waals surface area (Å²) in [4.78, 5) is 39.9. The van der Waals surface area contributed by atoms with E-state index in [-0.39, 0.29) is 29.6 Å². The lowest BCUT2D eigenvalue weighted by molar-refractivity contribution is -0.128. The summed E-state index contributed by atoms with van der Waals surface area (Å²) in [5, 5.41) is 4.29. The number of carbonyl (C=O) groups excluding carboxylic acids is 3. The molecule has 0 bridgehead atoms. The van der Waals surface area contributed by atoms with Crippen molar-refractivity contribution in [3.8, 4) is 0 Å². The maximum absolute atomic E-state index is 13.0. The van der Waals surface area contributed by atoms with Gasteiger partial charge in [0.15, 0.2) is 0 Å². The molecule has 0 saturated heterocycles. The summed E-state index contributed by atoms with van der Waals surface area (Å²) in [6.45, 7) is 1.56. The lowest BCUT2D eigenvalue weighted by Gasteiger charge is -2.32. The molecule has 1 aliphatic carbocycles. The normalized spacial score (nSPS) is 20.6. The number of amides is 3. The summed E-state index contributed by atoms with van der Waals surface area (Å²) in [7, 11) is 0. The molecule has 2 aliphatic rings. The Morgan fingerprint density at radius 3 is 2.38 bits per heavy atom. The summed E-state index contributed by atoms with van der Waals surface area (Å²) in [5.74, 6) is -0.625. The van der Waals surface area contributed by atoms with Gasteiger partial charge in [0.1, 0.15) is 0 Å². The molecule has 6 heteroatoms. The minimum Gasteiger partial charge on any atom is -0.354 e. The highest BCUT2D eigenvalue weighted by Gasteiger charge is 2.39. The Hall–Kier alpha value is -3.41. The molecule has 2 heterocycles. The van der Waals surface area contributed by atoms with Gasteiger partial charge in [-0.2, -0.15) is 0 Å². The molecule has 1 fully saturated rings. The van der Waals surface area contributed by atoms with Crippen LogP contribution in [0.1, 0.15) is 46.4 Å². The highest BCUT2D eigenvalue weighted by molar-refractivity contribution is 6.21. The Morgan fingerprint density at radius 1 is 0.906 bits per heavy atom. The number of hydrogen-bond donors (Lipinski definition) is 1. The number of nitrogens with zero attached hydrogens (tertiary/aromatic N) is 2. The topological polar surface area (TPSA) is 71.4 Å². The first-order chi connectivity index (χ1) is 15.6. The van der Waals surface area contributed by atoms with E-state index >= 15 is 0 Å². The summed E-state index contributed by atoms with van der Waals surface area (Å²) < 4.78 is 2.15. The van der Waals surface area contributed by atoms with Crippen LogP contribution in [-0.2, 0) is 11.3 Å². The zero-order valence-corrected chi connectivity index (χ0v) is 18.0. The van der Waals surface area contributed by atoms with E-state index in [2.05, 4.69) is 28.1 Å². The number of aromatic nitrogens is 1. The average Bonchev–Trinajstić information content (AvgIpc) is 3.34. The summed E-state index contributed by atoms with van der Waals surface area (Å²) in [6.07, 6.45) is 5.72. The monoisotopic (exact) mass is 429 g/mol. The molecule has 0 spiro atoms. The van der Waals surface area contributed by atoms with Crippen LogP contribution in [0.4, 0.5) is 0 Å². The second-order valence-electron chi connectivity index (χ2n) is 8.78. The van der Waals surface area contributed by atoms with Gasteiger partial charge in [-0.15, -0.1) is 0 Å². The first-order valence-corrected chi connectivity index (χ1v) is 11.4. The molecule has 32 heavy (non-hydrogen) atoms. The van der Waals surface area contributed by atoms with Gasteiger partial charge in [0.2, 0.25) is 5.91 Å². The van der Waals surface area contributed by atoms with Crippen LogP contribution in [0.15, 0.2) is 60.8 Å². The fraction of sp³-hybridized carbons (Fsp3) is 0.346. The van der Waals surface area contributed by atoms with Crippen LogP contribution in [0.3, 0.4) is 0 Å². The van der Waals surface area contributed by atoms with Crippen molar-refractivity contribution in [2.45, 2.75) is 32.2 Å². The van der Waals surface area contributed by atoms with Gasteiger partial charge in [-0.3, -0.25) is 19.3 Å². The number of carbonyl (C=O) groups is 3. The van der Waals surface area contributed by atoms with Gasteiger partial charge < -0.3 is 9.88 Å². The Labute approximate surface area is 187 Å². The van der Waals surface area contributed by atoms with Gasteiger partial charge in [-0.25, -0.2) is 0 Å². The maximum atomic E-state index is 13.0. The minimum absolute atomic E-state index is 0.00151. The van der Waals surface area contributed by atoms with Crippen molar-refractivity contribution < 1.29 is 14.4 Å². The lowest BCUT2D eigenvalue weighted by atomic mass is 9.78. The van der Waals surface area contributed by atoms with Crippen molar-refractivity contribution in [2.24, 2.45) is 11.8 Å². The quantitative estimate of drug-likeness (QED) is 0.605. The molecular formula is C26H27N3O3. The fourth-order valence-electron chi connectivity index (χ4n) is 5.18. The lowest BCUT2D eigenvalue weighted by Crippen LogP contribution is -2.44. The number of fused-ring (bicyclic) bond motifs is 2. The summed E-state index contributed by atoms with van der Waals surface area (Å²) in [5.41, 5.74) is 2.09. The molecule has 5 rings (SSSR count). The standard InChI is InChI=1S/C26H27N3O3/c30-24(27-14-16-28-15-13-18-7-2-6-12-23(18)28)20-9-3-1-8-19(20)17-29-25(31)21-10-4-5-11-22(21)26(29)32/h2,4-7,10-13,15,19-20H,1,3,8-9,14,16-17H2,(H,27,30). The molecule has 1 aliphatic heterocycles. The Bertz CT molecular complexity index is 1150. The molecular weight excluding hydrogens is 402 g/mol. The van der Waals surface area contributed by atoms with E-state index in [1.165, 1.54) is 10.3 Å².